The van der Waals surface area contributed by atoms with Crippen molar-refractivity contribution >= 4 is 34.9 Å². The van der Waals surface area contributed by atoms with Crippen LogP contribution in [0.3, 0.4) is 0 Å². The second-order valence-corrected chi connectivity index (χ2v) is 7.13. The summed E-state index contributed by atoms with van der Waals surface area (Å²) in [6.45, 7) is 3.91. The number of aryl methyl sites for hydroxylation is 2. The lowest BCUT2D eigenvalue weighted by Crippen LogP contribution is -2.32. The van der Waals surface area contributed by atoms with Crippen molar-refractivity contribution in [1.29, 1.82) is 0 Å². The van der Waals surface area contributed by atoms with E-state index in [2.05, 4.69) is 15.5 Å². The zero-order valence-electron chi connectivity index (χ0n) is 14.4. The van der Waals surface area contributed by atoms with Crippen LogP contribution < -0.4 is 16.7 Å². The highest BCUT2D eigenvalue weighted by Gasteiger charge is 2.13. The molecule has 0 spiro atoms. The highest BCUT2D eigenvalue weighted by molar-refractivity contribution is 7.98. The Morgan fingerprint density at radius 3 is 2.50 bits per heavy atom. The molecule has 0 amide bonds. The molecule has 6 nitrogen and oxygen atoms in total. The average molecular weight is 388 g/mol. The maximum absolute atomic E-state index is 12.5. The van der Waals surface area contributed by atoms with Crippen LogP contribution >= 0.6 is 23.4 Å². The number of hydrogen-bond donors (Lipinski definition) is 2. The molecule has 0 atom stereocenters. The molecule has 3 rings (SSSR count). The molecule has 0 unspecified atom stereocenters. The van der Waals surface area contributed by atoms with Crippen molar-refractivity contribution in [2.24, 2.45) is 0 Å². The highest BCUT2D eigenvalue weighted by atomic mass is 35.5. The molecule has 0 aliphatic rings. The Balaban J connectivity index is 1.83. The Morgan fingerprint density at radius 2 is 1.81 bits per heavy atom. The number of hydrogen-bond acceptors (Lipinski definition) is 6. The van der Waals surface area contributed by atoms with E-state index in [1.54, 1.807) is 0 Å². The van der Waals surface area contributed by atoms with Gasteiger partial charge in [0.05, 0.1) is 0 Å². The molecule has 0 aliphatic heterocycles. The van der Waals surface area contributed by atoms with Gasteiger partial charge in [-0.3, -0.25) is 4.79 Å². The summed E-state index contributed by atoms with van der Waals surface area (Å²) in [5.74, 6) is 6.55. The maximum Gasteiger partial charge on any atom is 0.315 e. The molecule has 0 radical (unpaired) electrons. The number of nitrogens with two attached hydrogens (primary N) is 1. The molecular formula is C18H18ClN5OS. The lowest BCUT2D eigenvalue weighted by atomic mass is 10.1. The van der Waals surface area contributed by atoms with E-state index >= 15 is 0 Å². The first-order valence-corrected chi connectivity index (χ1v) is 9.28. The molecule has 0 fully saturated rings. The number of para-hydroxylation sites is 1. The molecule has 3 N–H and O–H groups in total. The van der Waals surface area contributed by atoms with Gasteiger partial charge in [0, 0.05) is 16.5 Å². The van der Waals surface area contributed by atoms with Gasteiger partial charge < -0.3 is 11.2 Å². The van der Waals surface area contributed by atoms with Gasteiger partial charge in [-0.1, -0.05) is 59.8 Å². The first-order chi connectivity index (χ1) is 12.5. The molecule has 0 saturated carbocycles. The smallest absolute Gasteiger partial charge is 0.315 e. The van der Waals surface area contributed by atoms with Crippen LogP contribution in [0.15, 0.2) is 52.4 Å². The maximum atomic E-state index is 12.5. The van der Waals surface area contributed by atoms with Gasteiger partial charge in [-0.05, 0) is 36.6 Å². The fourth-order valence-corrected chi connectivity index (χ4v) is 3.59. The molecule has 8 heteroatoms. The van der Waals surface area contributed by atoms with Gasteiger partial charge in [0.15, 0.2) is 0 Å². The largest absolute Gasteiger partial charge is 0.334 e. The third kappa shape index (κ3) is 3.84. The minimum Gasteiger partial charge on any atom is -0.334 e. The fraction of sp³-hybridized carbons (Fsp3) is 0.167. The van der Waals surface area contributed by atoms with Gasteiger partial charge in [0.25, 0.3) is 0 Å². The van der Waals surface area contributed by atoms with E-state index in [-0.39, 0.29) is 5.82 Å². The molecule has 3 aromatic rings. The number of nitrogen functional groups attached to an aromatic ring is 1. The molecule has 26 heavy (non-hydrogen) atoms. The number of rotatable bonds is 5. The lowest BCUT2D eigenvalue weighted by Gasteiger charge is -2.12. The van der Waals surface area contributed by atoms with Crippen LogP contribution in [0.25, 0.3) is 0 Å². The van der Waals surface area contributed by atoms with Crippen LogP contribution in [0.1, 0.15) is 16.7 Å². The molecule has 0 saturated heterocycles. The molecule has 2 aromatic carbocycles. The van der Waals surface area contributed by atoms with Crippen LogP contribution in [0.4, 0.5) is 11.5 Å². The molecule has 1 heterocycles. The van der Waals surface area contributed by atoms with Gasteiger partial charge in [0.2, 0.25) is 11.0 Å². The number of benzene rings is 2. The van der Waals surface area contributed by atoms with E-state index in [0.717, 1.165) is 27.1 Å². The predicted molar refractivity (Wildman–Crippen MR) is 107 cm³/mol. The zero-order valence-corrected chi connectivity index (χ0v) is 15.9. The van der Waals surface area contributed by atoms with E-state index in [0.29, 0.717) is 15.9 Å². The normalized spacial score (nSPS) is 10.7. The first-order valence-electron chi connectivity index (χ1n) is 7.91. The first kappa shape index (κ1) is 18.3. The number of nitrogens with one attached hydrogen (secondary N) is 1. The van der Waals surface area contributed by atoms with Crippen LogP contribution in [0.5, 0.6) is 0 Å². The SMILES string of the molecule is Cc1cccc(C)c1Nc1nnc(SCc2ccccc2Cl)n(N)c1=O. The summed E-state index contributed by atoms with van der Waals surface area (Å²) in [6, 6.07) is 13.4. The summed E-state index contributed by atoms with van der Waals surface area (Å²) in [7, 11) is 0. The van der Waals surface area contributed by atoms with Gasteiger partial charge in [-0.25, -0.2) is 0 Å². The van der Waals surface area contributed by atoms with Crippen molar-refractivity contribution in [3.63, 3.8) is 0 Å². The zero-order chi connectivity index (χ0) is 18.7. The minimum atomic E-state index is -0.440. The Kier molecular flexibility index (Phi) is 5.49. The quantitative estimate of drug-likeness (QED) is 0.513. The minimum absolute atomic E-state index is 0.0898. The Hall–Kier alpha value is -2.51. The summed E-state index contributed by atoms with van der Waals surface area (Å²) in [4.78, 5) is 12.5. The second kappa shape index (κ2) is 7.80. The standard InChI is InChI=1S/C18H18ClN5OS/c1-11-6-5-7-12(2)15(11)21-16-17(25)24(20)18(23-22-16)26-10-13-8-3-4-9-14(13)19/h3-9H,10,20H2,1-2H3,(H,21,22). The number of halogens is 1. The van der Waals surface area contributed by atoms with Gasteiger partial charge in [-0.15, -0.1) is 10.2 Å². The van der Waals surface area contributed by atoms with Crippen molar-refractivity contribution < 1.29 is 0 Å². The molecule has 0 bridgehead atoms. The number of nitrogens with zero attached hydrogens (tertiary/aromatic N) is 3. The van der Waals surface area contributed by atoms with Crippen LogP contribution in [0.2, 0.25) is 5.02 Å². The third-order valence-corrected chi connectivity index (χ3v) is 5.26. The van der Waals surface area contributed by atoms with Crippen molar-refractivity contribution in [3.05, 3.63) is 74.5 Å². The van der Waals surface area contributed by atoms with E-state index in [4.69, 9.17) is 17.4 Å². The molecule has 1 aromatic heterocycles. The predicted octanol–water partition coefficient (Wildman–Crippen LogP) is 3.66. The average Bonchev–Trinajstić information content (AvgIpc) is 2.62. The third-order valence-electron chi connectivity index (χ3n) is 3.90. The number of anilines is 2. The van der Waals surface area contributed by atoms with Gasteiger partial charge >= 0.3 is 5.56 Å². The topological polar surface area (TPSA) is 85.8 Å². The highest BCUT2D eigenvalue weighted by Crippen LogP contribution is 2.25. The van der Waals surface area contributed by atoms with E-state index in [9.17, 15) is 4.79 Å². The van der Waals surface area contributed by atoms with Crippen molar-refractivity contribution in [3.8, 4) is 0 Å². The monoisotopic (exact) mass is 387 g/mol. The molecule has 134 valence electrons. The number of thioether (sulfide) groups is 1. The summed E-state index contributed by atoms with van der Waals surface area (Å²) in [5.41, 5.74) is 3.34. The molecule has 0 aliphatic carbocycles. The second-order valence-electron chi connectivity index (χ2n) is 5.78. The Bertz CT molecular complexity index is 985. The van der Waals surface area contributed by atoms with E-state index in [1.165, 1.54) is 11.8 Å². The molecular weight excluding hydrogens is 370 g/mol. The van der Waals surface area contributed by atoms with Crippen molar-refractivity contribution in [2.75, 3.05) is 11.2 Å². The summed E-state index contributed by atoms with van der Waals surface area (Å²) >= 11 is 7.45. The number of aromatic nitrogens is 3. The van der Waals surface area contributed by atoms with Crippen LogP contribution in [-0.2, 0) is 5.75 Å². The Labute approximate surface area is 160 Å². The van der Waals surface area contributed by atoms with Crippen LogP contribution in [-0.4, -0.2) is 14.9 Å². The lowest BCUT2D eigenvalue weighted by molar-refractivity contribution is 0.704. The van der Waals surface area contributed by atoms with E-state index in [1.807, 2.05) is 56.3 Å². The van der Waals surface area contributed by atoms with Crippen LogP contribution in [0, 0.1) is 13.8 Å². The van der Waals surface area contributed by atoms with Crippen molar-refractivity contribution in [2.45, 2.75) is 24.8 Å². The fourth-order valence-electron chi connectivity index (χ4n) is 2.45. The van der Waals surface area contributed by atoms with Gasteiger partial charge in [0.1, 0.15) is 0 Å². The van der Waals surface area contributed by atoms with Gasteiger partial charge in [-0.2, -0.15) is 4.68 Å². The summed E-state index contributed by atoms with van der Waals surface area (Å²) < 4.78 is 1.00. The van der Waals surface area contributed by atoms with Crippen molar-refractivity contribution in [1.82, 2.24) is 14.9 Å². The Morgan fingerprint density at radius 1 is 1.12 bits per heavy atom. The summed E-state index contributed by atoms with van der Waals surface area (Å²) in [5, 5.41) is 12.1. The summed E-state index contributed by atoms with van der Waals surface area (Å²) in [6.07, 6.45) is 0. The van der Waals surface area contributed by atoms with E-state index < -0.39 is 5.56 Å².